The number of aromatic nitrogens is 1. The number of pyridine rings is 1. The highest BCUT2D eigenvalue weighted by molar-refractivity contribution is 5.47. The third-order valence-electron chi connectivity index (χ3n) is 3.17. The van der Waals surface area contributed by atoms with Crippen molar-refractivity contribution in [3.05, 3.63) is 17.8 Å². The normalized spacial score (nSPS) is 29.0. The number of nitrogens with two attached hydrogens (primary N) is 1. The lowest BCUT2D eigenvalue weighted by Crippen LogP contribution is -2.59. The molecule has 0 aromatic carbocycles. The molecular weight excluding hydrogens is 216 g/mol. The molecule has 4 N–H and O–H groups in total. The summed E-state index contributed by atoms with van der Waals surface area (Å²) in [4.78, 5) is 4.42. The number of anilines is 1. The average Bonchev–Trinajstić information content (AvgIpc) is 2.28. The van der Waals surface area contributed by atoms with Crippen molar-refractivity contribution in [3.63, 3.8) is 0 Å². The number of nitrogen functional groups attached to an aromatic ring is 1. The number of methoxy groups -OCH3 is 1. The molecule has 5 nitrogen and oxygen atoms in total. The fourth-order valence-corrected chi connectivity index (χ4v) is 2.29. The summed E-state index contributed by atoms with van der Waals surface area (Å²) < 4.78 is 5.12. The van der Waals surface area contributed by atoms with Crippen molar-refractivity contribution in [3.8, 4) is 5.75 Å². The van der Waals surface area contributed by atoms with Gasteiger partial charge in [0.05, 0.1) is 18.3 Å². The van der Waals surface area contributed by atoms with Crippen molar-refractivity contribution in [1.29, 1.82) is 0 Å². The number of piperazine rings is 1. The summed E-state index contributed by atoms with van der Waals surface area (Å²) in [5, 5.41) is 6.95. The van der Waals surface area contributed by atoms with Crippen LogP contribution in [0.3, 0.4) is 0 Å². The van der Waals surface area contributed by atoms with E-state index in [0.29, 0.717) is 17.6 Å². The van der Waals surface area contributed by atoms with Gasteiger partial charge < -0.3 is 21.1 Å². The SMILES string of the molecule is COc1ccc(C2(C)CNCC(C)N2)nc1N. The number of rotatable bonds is 2. The van der Waals surface area contributed by atoms with E-state index in [9.17, 15) is 0 Å². The minimum atomic E-state index is -0.182. The highest BCUT2D eigenvalue weighted by Crippen LogP contribution is 2.26. The molecule has 2 unspecified atom stereocenters. The van der Waals surface area contributed by atoms with Gasteiger partial charge in [-0.1, -0.05) is 0 Å². The minimum absolute atomic E-state index is 0.182. The predicted octanol–water partition coefficient (Wildman–Crippen LogP) is 0.469. The quantitative estimate of drug-likeness (QED) is 0.696. The van der Waals surface area contributed by atoms with E-state index in [1.807, 2.05) is 12.1 Å². The first-order valence-corrected chi connectivity index (χ1v) is 5.84. The highest BCUT2D eigenvalue weighted by atomic mass is 16.5. The first-order valence-electron chi connectivity index (χ1n) is 5.84. The Morgan fingerprint density at radius 2 is 2.29 bits per heavy atom. The van der Waals surface area contributed by atoms with E-state index >= 15 is 0 Å². The zero-order valence-corrected chi connectivity index (χ0v) is 10.6. The molecule has 0 saturated carbocycles. The Kier molecular flexibility index (Phi) is 3.22. The van der Waals surface area contributed by atoms with Crippen LogP contribution in [0.5, 0.6) is 5.75 Å². The first-order chi connectivity index (χ1) is 8.05. The molecule has 1 aliphatic rings. The number of ether oxygens (including phenoxy) is 1. The van der Waals surface area contributed by atoms with Gasteiger partial charge in [-0.25, -0.2) is 4.98 Å². The number of nitrogens with one attached hydrogen (secondary N) is 2. The summed E-state index contributed by atoms with van der Waals surface area (Å²) in [5.41, 5.74) is 6.60. The van der Waals surface area contributed by atoms with E-state index in [1.54, 1.807) is 7.11 Å². The Hall–Kier alpha value is -1.33. The molecule has 2 atom stereocenters. The van der Waals surface area contributed by atoms with Crippen molar-refractivity contribution in [2.45, 2.75) is 25.4 Å². The van der Waals surface area contributed by atoms with Crippen LogP contribution in [-0.2, 0) is 5.54 Å². The highest BCUT2D eigenvalue weighted by Gasteiger charge is 2.32. The van der Waals surface area contributed by atoms with Crippen molar-refractivity contribution in [2.24, 2.45) is 0 Å². The van der Waals surface area contributed by atoms with E-state index < -0.39 is 0 Å². The van der Waals surface area contributed by atoms with E-state index in [1.165, 1.54) is 0 Å². The Labute approximate surface area is 102 Å². The second kappa shape index (κ2) is 4.50. The largest absolute Gasteiger partial charge is 0.493 e. The van der Waals surface area contributed by atoms with Crippen LogP contribution in [0, 0.1) is 0 Å². The molecule has 1 aliphatic heterocycles. The van der Waals surface area contributed by atoms with Gasteiger partial charge in [-0.05, 0) is 26.0 Å². The van der Waals surface area contributed by atoms with Gasteiger partial charge in [0, 0.05) is 19.1 Å². The summed E-state index contributed by atoms with van der Waals surface area (Å²) in [6.45, 7) is 6.10. The lowest BCUT2D eigenvalue weighted by Gasteiger charge is -2.38. The smallest absolute Gasteiger partial charge is 0.166 e. The van der Waals surface area contributed by atoms with Crippen LogP contribution in [0.1, 0.15) is 19.5 Å². The molecule has 94 valence electrons. The first kappa shape index (κ1) is 12.1. The maximum absolute atomic E-state index is 5.85. The van der Waals surface area contributed by atoms with Crippen molar-refractivity contribution >= 4 is 5.82 Å². The topological polar surface area (TPSA) is 72.2 Å². The van der Waals surface area contributed by atoms with Crippen LogP contribution in [0.15, 0.2) is 12.1 Å². The Balaban J connectivity index is 2.29. The molecular formula is C12H20N4O. The van der Waals surface area contributed by atoms with Gasteiger partial charge in [-0.3, -0.25) is 0 Å². The fourth-order valence-electron chi connectivity index (χ4n) is 2.29. The van der Waals surface area contributed by atoms with Gasteiger partial charge in [0.25, 0.3) is 0 Å². The van der Waals surface area contributed by atoms with Gasteiger partial charge in [0.2, 0.25) is 0 Å². The van der Waals surface area contributed by atoms with Gasteiger partial charge in [-0.15, -0.1) is 0 Å². The second-order valence-electron chi connectivity index (χ2n) is 4.79. The van der Waals surface area contributed by atoms with Gasteiger partial charge in [-0.2, -0.15) is 0 Å². The van der Waals surface area contributed by atoms with E-state index in [0.717, 1.165) is 18.8 Å². The standard InChI is InChI=1S/C12H20N4O/c1-8-6-14-7-12(2,16-8)10-5-4-9(17-3)11(13)15-10/h4-5,8,14,16H,6-7H2,1-3H3,(H2,13,15). The van der Waals surface area contributed by atoms with Crippen LogP contribution in [-0.4, -0.2) is 31.2 Å². The van der Waals surface area contributed by atoms with Crippen LogP contribution < -0.4 is 21.1 Å². The van der Waals surface area contributed by atoms with Gasteiger partial charge in [0.15, 0.2) is 11.6 Å². The summed E-state index contributed by atoms with van der Waals surface area (Å²) in [5.74, 6) is 1.06. The molecule has 5 heteroatoms. The zero-order chi connectivity index (χ0) is 12.5. The lowest BCUT2D eigenvalue weighted by molar-refractivity contribution is 0.249. The maximum Gasteiger partial charge on any atom is 0.166 e. The summed E-state index contributed by atoms with van der Waals surface area (Å²) in [6.07, 6.45) is 0. The zero-order valence-electron chi connectivity index (χ0n) is 10.6. The van der Waals surface area contributed by atoms with Crippen LogP contribution in [0.2, 0.25) is 0 Å². The molecule has 0 radical (unpaired) electrons. The summed E-state index contributed by atoms with van der Waals surface area (Å²) in [7, 11) is 1.59. The summed E-state index contributed by atoms with van der Waals surface area (Å²) >= 11 is 0. The van der Waals surface area contributed by atoms with Gasteiger partial charge >= 0.3 is 0 Å². The predicted molar refractivity (Wildman–Crippen MR) is 68.0 cm³/mol. The Bertz CT molecular complexity index is 409. The molecule has 0 bridgehead atoms. The minimum Gasteiger partial charge on any atom is -0.493 e. The molecule has 1 saturated heterocycles. The molecule has 17 heavy (non-hydrogen) atoms. The number of hydrogen-bond acceptors (Lipinski definition) is 5. The van der Waals surface area contributed by atoms with E-state index in [4.69, 9.17) is 10.5 Å². The third kappa shape index (κ3) is 2.35. The molecule has 1 fully saturated rings. The van der Waals surface area contributed by atoms with Crippen LogP contribution in [0.4, 0.5) is 5.82 Å². The number of nitrogens with zero attached hydrogens (tertiary/aromatic N) is 1. The van der Waals surface area contributed by atoms with Crippen LogP contribution in [0.25, 0.3) is 0 Å². The molecule has 0 aliphatic carbocycles. The van der Waals surface area contributed by atoms with Crippen molar-refractivity contribution in [1.82, 2.24) is 15.6 Å². The monoisotopic (exact) mass is 236 g/mol. The molecule has 0 spiro atoms. The third-order valence-corrected chi connectivity index (χ3v) is 3.17. The number of hydrogen-bond donors (Lipinski definition) is 3. The molecule has 0 amide bonds. The Morgan fingerprint density at radius 1 is 1.53 bits per heavy atom. The molecule has 2 heterocycles. The molecule has 2 rings (SSSR count). The van der Waals surface area contributed by atoms with Crippen molar-refractivity contribution < 1.29 is 4.74 Å². The van der Waals surface area contributed by atoms with Gasteiger partial charge in [0.1, 0.15) is 0 Å². The summed E-state index contributed by atoms with van der Waals surface area (Å²) in [6, 6.07) is 4.24. The fraction of sp³-hybridized carbons (Fsp3) is 0.583. The Morgan fingerprint density at radius 3 is 2.88 bits per heavy atom. The lowest BCUT2D eigenvalue weighted by atomic mass is 9.93. The molecule has 1 aromatic rings. The van der Waals surface area contributed by atoms with E-state index in [-0.39, 0.29) is 5.54 Å². The second-order valence-corrected chi connectivity index (χ2v) is 4.79. The maximum atomic E-state index is 5.85. The van der Waals surface area contributed by atoms with Crippen LogP contribution >= 0.6 is 0 Å². The molecule has 1 aromatic heterocycles. The van der Waals surface area contributed by atoms with Crippen molar-refractivity contribution in [2.75, 3.05) is 25.9 Å². The van der Waals surface area contributed by atoms with E-state index in [2.05, 4.69) is 29.5 Å². The average molecular weight is 236 g/mol.